The van der Waals surface area contributed by atoms with Crippen LogP contribution in [0.25, 0.3) is 0 Å². The van der Waals surface area contributed by atoms with Gasteiger partial charge in [0.25, 0.3) is 0 Å². The van der Waals surface area contributed by atoms with E-state index in [1.54, 1.807) is 0 Å². The van der Waals surface area contributed by atoms with Crippen LogP contribution in [0.1, 0.15) is 65.0 Å². The quantitative estimate of drug-likeness (QED) is 0.739. The highest BCUT2D eigenvalue weighted by atomic mass is 16.5. The normalized spacial score (nSPS) is 22.2. The zero-order valence-electron chi connectivity index (χ0n) is 12.3. The van der Waals surface area contributed by atoms with Crippen LogP contribution < -0.4 is 4.74 Å². The summed E-state index contributed by atoms with van der Waals surface area (Å²) in [5.41, 5.74) is 1.87. The maximum atomic E-state index is 10.2. The third kappa shape index (κ3) is 2.33. The molecule has 0 saturated carbocycles. The van der Waals surface area contributed by atoms with Crippen molar-refractivity contribution in [2.75, 3.05) is 0 Å². The lowest BCUT2D eigenvalue weighted by Gasteiger charge is -2.37. The van der Waals surface area contributed by atoms with Crippen LogP contribution in [-0.2, 0) is 5.41 Å². The molecule has 1 aromatic carbocycles. The molecule has 0 bridgehead atoms. The Bertz CT molecular complexity index is 467. The van der Waals surface area contributed by atoms with Crippen molar-refractivity contribution in [2.45, 2.75) is 64.9 Å². The largest absolute Gasteiger partial charge is 0.508 e. The van der Waals surface area contributed by atoms with Crippen LogP contribution in [0, 0.1) is 0 Å². The molecule has 1 aliphatic heterocycles. The summed E-state index contributed by atoms with van der Waals surface area (Å²) >= 11 is 0. The zero-order valence-corrected chi connectivity index (χ0v) is 12.3. The molecule has 0 aromatic heterocycles. The Labute approximate surface area is 110 Å². The fraction of sp³-hybridized carbons (Fsp3) is 0.625. The van der Waals surface area contributed by atoms with Gasteiger partial charge in [-0.3, -0.25) is 0 Å². The van der Waals surface area contributed by atoms with Crippen LogP contribution in [-0.4, -0.2) is 10.7 Å². The summed E-state index contributed by atoms with van der Waals surface area (Å²) in [6.07, 6.45) is 0.980. The monoisotopic (exact) mass is 248 g/mol. The summed E-state index contributed by atoms with van der Waals surface area (Å²) in [4.78, 5) is 0. The first kappa shape index (κ1) is 13.3. The predicted octanol–water partition coefficient (Wildman–Crippen LogP) is 4.35. The molecule has 0 spiro atoms. The Morgan fingerprint density at radius 3 is 2.44 bits per heavy atom. The fourth-order valence-corrected chi connectivity index (χ4v) is 2.85. The molecule has 0 amide bonds. The minimum Gasteiger partial charge on any atom is -0.508 e. The van der Waals surface area contributed by atoms with Crippen LogP contribution >= 0.6 is 0 Å². The van der Waals surface area contributed by atoms with E-state index in [-0.39, 0.29) is 11.0 Å². The minimum atomic E-state index is -0.126. The van der Waals surface area contributed by atoms with Crippen molar-refractivity contribution in [1.82, 2.24) is 0 Å². The summed E-state index contributed by atoms with van der Waals surface area (Å²) in [6.45, 7) is 12.7. The van der Waals surface area contributed by atoms with Crippen LogP contribution in [0.2, 0.25) is 0 Å². The first-order valence-electron chi connectivity index (χ1n) is 6.66. The number of fused-ring (bicyclic) bond motifs is 1. The Morgan fingerprint density at radius 1 is 1.28 bits per heavy atom. The average Bonchev–Trinajstić information content (AvgIpc) is 2.15. The molecule has 0 radical (unpaired) electrons. The Balaban J connectivity index is 2.55. The predicted molar refractivity (Wildman–Crippen MR) is 74.5 cm³/mol. The third-order valence-corrected chi connectivity index (χ3v) is 3.65. The van der Waals surface area contributed by atoms with E-state index in [1.165, 1.54) is 0 Å². The van der Waals surface area contributed by atoms with E-state index in [9.17, 15) is 5.11 Å². The molecular weight excluding hydrogens is 224 g/mol. The van der Waals surface area contributed by atoms with Gasteiger partial charge in [-0.1, -0.05) is 27.7 Å². The minimum absolute atomic E-state index is 0.0761. The second-order valence-electron chi connectivity index (χ2n) is 7.12. The highest BCUT2D eigenvalue weighted by Crippen LogP contribution is 2.45. The van der Waals surface area contributed by atoms with E-state index in [0.29, 0.717) is 11.7 Å². The number of ether oxygens (including phenoxy) is 1. The van der Waals surface area contributed by atoms with E-state index < -0.39 is 0 Å². The second-order valence-corrected chi connectivity index (χ2v) is 7.12. The Morgan fingerprint density at radius 2 is 1.89 bits per heavy atom. The molecular formula is C16H24O2. The van der Waals surface area contributed by atoms with Crippen molar-refractivity contribution >= 4 is 0 Å². The van der Waals surface area contributed by atoms with Gasteiger partial charge >= 0.3 is 0 Å². The lowest BCUT2D eigenvalue weighted by atomic mass is 9.81. The molecule has 100 valence electrons. The summed E-state index contributed by atoms with van der Waals surface area (Å²) in [5, 5.41) is 10.2. The molecule has 1 aliphatic rings. The van der Waals surface area contributed by atoms with Crippen LogP contribution in [0.15, 0.2) is 12.1 Å². The van der Waals surface area contributed by atoms with Crippen molar-refractivity contribution < 1.29 is 9.84 Å². The molecule has 0 aliphatic carbocycles. The molecule has 0 saturated heterocycles. The SMILES string of the molecule is CC1CC(C)(C)Oc2cc(C(C)(C)C)c(O)cc21. The van der Waals surface area contributed by atoms with Crippen molar-refractivity contribution in [1.29, 1.82) is 0 Å². The number of benzene rings is 1. The van der Waals surface area contributed by atoms with Crippen molar-refractivity contribution in [3.63, 3.8) is 0 Å². The molecule has 2 nitrogen and oxygen atoms in total. The van der Waals surface area contributed by atoms with Gasteiger partial charge in [-0.25, -0.2) is 0 Å². The first-order valence-corrected chi connectivity index (χ1v) is 6.66. The molecule has 0 fully saturated rings. The number of phenolic OH excluding ortho intramolecular Hbond substituents is 1. The maximum absolute atomic E-state index is 10.2. The van der Waals surface area contributed by atoms with Gasteiger partial charge in [0, 0.05) is 11.1 Å². The molecule has 1 N–H and O–H groups in total. The molecule has 1 heterocycles. The van der Waals surface area contributed by atoms with Gasteiger partial charge in [0.2, 0.25) is 0 Å². The van der Waals surface area contributed by atoms with E-state index in [4.69, 9.17) is 4.74 Å². The molecule has 1 atom stereocenters. The highest BCUT2D eigenvalue weighted by molar-refractivity contribution is 5.51. The van der Waals surface area contributed by atoms with Gasteiger partial charge in [0.1, 0.15) is 17.1 Å². The van der Waals surface area contributed by atoms with E-state index in [0.717, 1.165) is 23.3 Å². The first-order chi connectivity index (χ1) is 8.10. The number of hydrogen-bond donors (Lipinski definition) is 1. The van der Waals surface area contributed by atoms with Crippen molar-refractivity contribution in [2.24, 2.45) is 0 Å². The average molecular weight is 248 g/mol. The molecule has 1 unspecified atom stereocenters. The van der Waals surface area contributed by atoms with Gasteiger partial charge < -0.3 is 9.84 Å². The highest BCUT2D eigenvalue weighted by Gasteiger charge is 2.33. The van der Waals surface area contributed by atoms with Crippen LogP contribution in [0.5, 0.6) is 11.5 Å². The van der Waals surface area contributed by atoms with Gasteiger partial charge in [0.05, 0.1) is 0 Å². The summed E-state index contributed by atoms with van der Waals surface area (Å²) in [6, 6.07) is 3.90. The summed E-state index contributed by atoms with van der Waals surface area (Å²) in [7, 11) is 0. The van der Waals surface area contributed by atoms with E-state index in [2.05, 4.69) is 41.5 Å². The van der Waals surface area contributed by atoms with Gasteiger partial charge in [0.15, 0.2) is 0 Å². The number of phenols is 1. The molecule has 2 heteroatoms. The lowest BCUT2D eigenvalue weighted by molar-refractivity contribution is 0.0742. The summed E-state index contributed by atoms with van der Waals surface area (Å²) in [5.74, 6) is 1.74. The van der Waals surface area contributed by atoms with Gasteiger partial charge in [-0.05, 0) is 43.7 Å². The Hall–Kier alpha value is -1.18. The Kier molecular flexibility index (Phi) is 2.88. The van der Waals surface area contributed by atoms with Gasteiger partial charge in [-0.2, -0.15) is 0 Å². The standard InChI is InChI=1S/C16H24O2/c1-10-9-16(5,6)18-14-8-12(15(2,3)4)13(17)7-11(10)14/h7-8,10,17H,9H2,1-6H3. The molecule has 18 heavy (non-hydrogen) atoms. The summed E-state index contributed by atoms with van der Waals surface area (Å²) < 4.78 is 6.07. The van der Waals surface area contributed by atoms with E-state index >= 15 is 0 Å². The number of rotatable bonds is 0. The second kappa shape index (κ2) is 3.91. The molecule has 2 rings (SSSR count). The smallest absolute Gasteiger partial charge is 0.124 e. The van der Waals surface area contributed by atoms with Gasteiger partial charge in [-0.15, -0.1) is 0 Å². The van der Waals surface area contributed by atoms with Crippen molar-refractivity contribution in [3.05, 3.63) is 23.3 Å². The third-order valence-electron chi connectivity index (χ3n) is 3.65. The topological polar surface area (TPSA) is 29.5 Å². The number of aromatic hydroxyl groups is 1. The van der Waals surface area contributed by atoms with Crippen LogP contribution in [0.3, 0.4) is 0 Å². The zero-order chi connectivity index (χ0) is 13.7. The van der Waals surface area contributed by atoms with Crippen molar-refractivity contribution in [3.8, 4) is 11.5 Å². The van der Waals surface area contributed by atoms with Crippen LogP contribution in [0.4, 0.5) is 0 Å². The van der Waals surface area contributed by atoms with E-state index in [1.807, 2.05) is 12.1 Å². The number of hydrogen-bond acceptors (Lipinski definition) is 2. The lowest BCUT2D eigenvalue weighted by Crippen LogP contribution is -2.34. The maximum Gasteiger partial charge on any atom is 0.124 e. The fourth-order valence-electron chi connectivity index (χ4n) is 2.85. The molecule has 1 aromatic rings.